The highest BCUT2D eigenvalue weighted by atomic mass is 15.0. The van der Waals surface area contributed by atoms with E-state index in [9.17, 15) is 0 Å². The zero-order valence-corrected chi connectivity index (χ0v) is 7.47. The van der Waals surface area contributed by atoms with Crippen molar-refractivity contribution in [2.24, 2.45) is 17.2 Å². The van der Waals surface area contributed by atoms with Gasteiger partial charge in [-0.05, 0) is 6.42 Å². The number of hydrogen-bond acceptors (Lipinski definition) is 3. The molecule has 0 aliphatic carbocycles. The van der Waals surface area contributed by atoms with Crippen LogP contribution in [0, 0.1) is 0 Å². The van der Waals surface area contributed by atoms with E-state index >= 15 is 0 Å². The minimum absolute atomic E-state index is 0.374. The SMILES string of the molecule is CCCCCCC(N)(N)CN. The summed E-state index contributed by atoms with van der Waals surface area (Å²) < 4.78 is 0. The minimum atomic E-state index is -0.631. The van der Waals surface area contributed by atoms with Crippen LogP contribution < -0.4 is 17.2 Å². The maximum atomic E-state index is 5.65. The van der Waals surface area contributed by atoms with E-state index in [2.05, 4.69) is 6.92 Å². The van der Waals surface area contributed by atoms with Gasteiger partial charge in [-0.3, -0.25) is 0 Å². The van der Waals surface area contributed by atoms with Crippen molar-refractivity contribution < 1.29 is 0 Å². The molecule has 0 aliphatic heterocycles. The van der Waals surface area contributed by atoms with Crippen LogP contribution in [0.25, 0.3) is 0 Å². The summed E-state index contributed by atoms with van der Waals surface area (Å²) in [6.45, 7) is 2.56. The third kappa shape index (κ3) is 6.28. The summed E-state index contributed by atoms with van der Waals surface area (Å²) in [5, 5.41) is 0. The van der Waals surface area contributed by atoms with Crippen molar-refractivity contribution in [2.45, 2.75) is 44.7 Å². The van der Waals surface area contributed by atoms with Crippen molar-refractivity contribution in [3.63, 3.8) is 0 Å². The standard InChI is InChI=1S/C8H21N3/c1-2-3-4-5-6-8(10,11)7-9/h2-7,9-11H2,1H3. The molecular formula is C8H21N3. The van der Waals surface area contributed by atoms with Crippen LogP contribution in [0.5, 0.6) is 0 Å². The first-order valence-corrected chi connectivity index (χ1v) is 4.40. The lowest BCUT2D eigenvalue weighted by Crippen LogP contribution is -2.55. The van der Waals surface area contributed by atoms with Gasteiger partial charge in [0.05, 0.1) is 5.66 Å². The Kier molecular flexibility index (Phi) is 5.46. The smallest absolute Gasteiger partial charge is 0.0762 e. The second-order valence-corrected chi connectivity index (χ2v) is 3.25. The topological polar surface area (TPSA) is 78.1 Å². The van der Waals surface area contributed by atoms with Crippen molar-refractivity contribution in [1.29, 1.82) is 0 Å². The Hall–Kier alpha value is -0.120. The van der Waals surface area contributed by atoms with E-state index < -0.39 is 5.66 Å². The Balaban J connectivity index is 3.23. The molecule has 3 heteroatoms. The van der Waals surface area contributed by atoms with Crippen LogP contribution in [-0.2, 0) is 0 Å². The van der Waals surface area contributed by atoms with Gasteiger partial charge in [0.15, 0.2) is 0 Å². The van der Waals surface area contributed by atoms with Crippen LogP contribution in [-0.4, -0.2) is 12.2 Å². The molecule has 11 heavy (non-hydrogen) atoms. The molecule has 0 amide bonds. The predicted octanol–water partition coefficient (Wildman–Crippen LogP) is 0.529. The average Bonchev–Trinajstić information content (AvgIpc) is 1.99. The molecule has 0 saturated carbocycles. The summed E-state index contributed by atoms with van der Waals surface area (Å²) >= 11 is 0. The summed E-state index contributed by atoms with van der Waals surface area (Å²) in [7, 11) is 0. The highest BCUT2D eigenvalue weighted by Gasteiger charge is 2.14. The van der Waals surface area contributed by atoms with Gasteiger partial charge in [0.1, 0.15) is 0 Å². The number of hydrogen-bond donors (Lipinski definition) is 3. The molecule has 0 aromatic carbocycles. The molecule has 0 fully saturated rings. The molecule has 0 aliphatic rings. The fourth-order valence-corrected chi connectivity index (χ4v) is 0.983. The first-order chi connectivity index (χ1) is 5.12. The van der Waals surface area contributed by atoms with Gasteiger partial charge in [0.25, 0.3) is 0 Å². The molecule has 0 unspecified atom stereocenters. The van der Waals surface area contributed by atoms with Gasteiger partial charge >= 0.3 is 0 Å². The van der Waals surface area contributed by atoms with E-state index in [0.717, 1.165) is 12.8 Å². The van der Waals surface area contributed by atoms with Gasteiger partial charge in [0, 0.05) is 6.54 Å². The third-order valence-corrected chi connectivity index (χ3v) is 1.88. The zero-order valence-electron chi connectivity index (χ0n) is 7.47. The molecule has 0 atom stereocenters. The van der Waals surface area contributed by atoms with Crippen molar-refractivity contribution in [3.8, 4) is 0 Å². The van der Waals surface area contributed by atoms with E-state index in [1.807, 2.05) is 0 Å². The van der Waals surface area contributed by atoms with Crippen molar-refractivity contribution in [2.75, 3.05) is 6.54 Å². The minimum Gasteiger partial charge on any atom is -0.328 e. The van der Waals surface area contributed by atoms with E-state index in [1.54, 1.807) is 0 Å². The summed E-state index contributed by atoms with van der Waals surface area (Å²) in [5.41, 5.74) is 16.0. The molecule has 0 aromatic heterocycles. The Morgan fingerprint density at radius 1 is 1.09 bits per heavy atom. The van der Waals surface area contributed by atoms with Crippen molar-refractivity contribution in [3.05, 3.63) is 0 Å². The molecule has 68 valence electrons. The second kappa shape index (κ2) is 5.52. The van der Waals surface area contributed by atoms with Gasteiger partial charge in [-0.1, -0.05) is 32.6 Å². The third-order valence-electron chi connectivity index (χ3n) is 1.88. The maximum Gasteiger partial charge on any atom is 0.0762 e. The summed E-state index contributed by atoms with van der Waals surface area (Å²) in [6, 6.07) is 0. The van der Waals surface area contributed by atoms with Crippen LogP contribution in [0.3, 0.4) is 0 Å². The molecule has 0 radical (unpaired) electrons. The lowest BCUT2D eigenvalue weighted by Gasteiger charge is -2.21. The van der Waals surface area contributed by atoms with Crippen LogP contribution in [0.4, 0.5) is 0 Å². The first-order valence-electron chi connectivity index (χ1n) is 4.40. The highest BCUT2D eigenvalue weighted by molar-refractivity contribution is 4.76. The Morgan fingerprint density at radius 2 is 1.73 bits per heavy atom. The zero-order chi connectivity index (χ0) is 8.74. The Labute approximate surface area is 69.3 Å². The molecule has 0 aromatic rings. The fourth-order valence-electron chi connectivity index (χ4n) is 0.983. The highest BCUT2D eigenvalue weighted by Crippen LogP contribution is 2.07. The number of unbranched alkanes of at least 4 members (excludes halogenated alkanes) is 3. The molecule has 6 N–H and O–H groups in total. The molecule has 0 spiro atoms. The van der Waals surface area contributed by atoms with E-state index in [1.165, 1.54) is 19.3 Å². The Bertz CT molecular complexity index is 91.3. The van der Waals surface area contributed by atoms with E-state index in [4.69, 9.17) is 17.2 Å². The lowest BCUT2D eigenvalue weighted by molar-refractivity contribution is 0.397. The molecule has 0 saturated heterocycles. The molecule has 0 heterocycles. The van der Waals surface area contributed by atoms with Gasteiger partial charge in [-0.25, -0.2) is 0 Å². The Morgan fingerprint density at radius 3 is 2.18 bits per heavy atom. The van der Waals surface area contributed by atoms with Crippen LogP contribution in [0.15, 0.2) is 0 Å². The maximum absolute atomic E-state index is 5.65. The van der Waals surface area contributed by atoms with Gasteiger partial charge in [-0.2, -0.15) is 0 Å². The van der Waals surface area contributed by atoms with Gasteiger partial charge in [-0.15, -0.1) is 0 Å². The van der Waals surface area contributed by atoms with Crippen molar-refractivity contribution >= 4 is 0 Å². The molecule has 3 nitrogen and oxygen atoms in total. The second-order valence-electron chi connectivity index (χ2n) is 3.25. The molecule has 0 bridgehead atoms. The quantitative estimate of drug-likeness (QED) is 0.391. The molecule has 0 rings (SSSR count). The fraction of sp³-hybridized carbons (Fsp3) is 1.00. The van der Waals surface area contributed by atoms with E-state index in [-0.39, 0.29) is 0 Å². The largest absolute Gasteiger partial charge is 0.328 e. The summed E-state index contributed by atoms with van der Waals surface area (Å²) in [4.78, 5) is 0. The predicted molar refractivity (Wildman–Crippen MR) is 48.9 cm³/mol. The summed E-state index contributed by atoms with van der Waals surface area (Å²) in [5.74, 6) is 0. The number of rotatable bonds is 6. The average molecular weight is 159 g/mol. The van der Waals surface area contributed by atoms with Gasteiger partial charge in [0.2, 0.25) is 0 Å². The molecular weight excluding hydrogens is 138 g/mol. The normalized spacial score (nSPS) is 12.0. The van der Waals surface area contributed by atoms with Crippen molar-refractivity contribution in [1.82, 2.24) is 0 Å². The lowest BCUT2D eigenvalue weighted by atomic mass is 10.0. The van der Waals surface area contributed by atoms with Crippen LogP contribution in [0.2, 0.25) is 0 Å². The van der Waals surface area contributed by atoms with Crippen LogP contribution >= 0.6 is 0 Å². The van der Waals surface area contributed by atoms with E-state index in [0.29, 0.717) is 6.54 Å². The number of nitrogens with two attached hydrogens (primary N) is 3. The van der Waals surface area contributed by atoms with Crippen LogP contribution in [0.1, 0.15) is 39.0 Å². The summed E-state index contributed by atoms with van der Waals surface area (Å²) in [6.07, 6.45) is 5.65. The first kappa shape index (κ1) is 10.9. The monoisotopic (exact) mass is 159 g/mol. The van der Waals surface area contributed by atoms with Gasteiger partial charge < -0.3 is 17.2 Å².